The van der Waals surface area contributed by atoms with Crippen LogP contribution in [0.4, 0.5) is 13.2 Å². The molecular formula is C22H21F3N2O2. The van der Waals surface area contributed by atoms with Crippen LogP contribution in [0.5, 0.6) is 0 Å². The van der Waals surface area contributed by atoms with E-state index >= 15 is 0 Å². The van der Waals surface area contributed by atoms with Gasteiger partial charge in [-0.1, -0.05) is 55.5 Å². The van der Waals surface area contributed by atoms with E-state index in [2.05, 4.69) is 5.32 Å². The van der Waals surface area contributed by atoms with E-state index in [0.717, 1.165) is 5.56 Å². The maximum Gasteiger partial charge on any atom is 0.406 e. The third-order valence-corrected chi connectivity index (χ3v) is 4.92. The predicted molar refractivity (Wildman–Crippen MR) is 106 cm³/mol. The number of halogens is 3. The lowest BCUT2D eigenvalue weighted by Gasteiger charge is -2.21. The molecule has 7 heteroatoms. The first-order valence-corrected chi connectivity index (χ1v) is 9.27. The lowest BCUT2D eigenvalue weighted by Crippen LogP contribution is -2.35. The maximum absolute atomic E-state index is 13.1. The largest absolute Gasteiger partial charge is 0.406 e. The molecule has 2 aromatic carbocycles. The van der Waals surface area contributed by atoms with Crippen LogP contribution in [0.2, 0.25) is 0 Å². The molecule has 0 radical (unpaired) electrons. The van der Waals surface area contributed by atoms with Gasteiger partial charge in [0.05, 0.1) is 11.6 Å². The molecule has 0 saturated heterocycles. The quantitative estimate of drug-likeness (QED) is 0.669. The van der Waals surface area contributed by atoms with Gasteiger partial charge in [0.2, 0.25) is 0 Å². The standard InChI is InChI=1S/C22H21F3N2O2/c1-3-18(15-9-5-4-6-10-15)26-20(28)19-14(2)27(13-22(23,24)25)21(29)17-12-8-7-11-16(17)19/h4-12,18H,3,13H2,1-2H3,(H,26,28). The summed E-state index contributed by atoms with van der Waals surface area (Å²) < 4.78 is 39.8. The van der Waals surface area contributed by atoms with Crippen LogP contribution in [0.15, 0.2) is 59.4 Å². The summed E-state index contributed by atoms with van der Waals surface area (Å²) in [5, 5.41) is 3.33. The molecule has 3 aromatic rings. The Hall–Kier alpha value is -3.09. The van der Waals surface area contributed by atoms with Crippen molar-refractivity contribution >= 4 is 16.7 Å². The van der Waals surface area contributed by atoms with E-state index in [1.807, 2.05) is 37.3 Å². The molecule has 1 aromatic heterocycles. The number of rotatable bonds is 5. The number of amides is 1. The van der Waals surface area contributed by atoms with Gasteiger partial charge in [-0.3, -0.25) is 9.59 Å². The summed E-state index contributed by atoms with van der Waals surface area (Å²) in [6.07, 6.45) is -3.98. The minimum Gasteiger partial charge on any atom is -0.345 e. The predicted octanol–water partition coefficient (Wildman–Crippen LogP) is 4.75. The van der Waals surface area contributed by atoms with Crippen molar-refractivity contribution in [3.05, 3.63) is 81.8 Å². The zero-order valence-electron chi connectivity index (χ0n) is 16.1. The van der Waals surface area contributed by atoms with E-state index in [1.165, 1.54) is 13.0 Å². The number of hydrogen-bond donors (Lipinski definition) is 1. The van der Waals surface area contributed by atoms with Gasteiger partial charge in [0.1, 0.15) is 6.54 Å². The highest BCUT2D eigenvalue weighted by molar-refractivity contribution is 6.07. The van der Waals surface area contributed by atoms with Crippen LogP contribution in [0.3, 0.4) is 0 Å². The first-order valence-electron chi connectivity index (χ1n) is 9.27. The molecule has 1 amide bonds. The molecule has 0 fully saturated rings. The van der Waals surface area contributed by atoms with Crippen molar-refractivity contribution in [3.63, 3.8) is 0 Å². The Balaban J connectivity index is 2.12. The maximum atomic E-state index is 13.1. The van der Waals surface area contributed by atoms with Crippen molar-refractivity contribution in [3.8, 4) is 0 Å². The Labute approximate surface area is 166 Å². The topological polar surface area (TPSA) is 51.1 Å². The molecule has 1 N–H and O–H groups in total. The van der Waals surface area contributed by atoms with Gasteiger partial charge in [0.25, 0.3) is 11.5 Å². The Kier molecular flexibility index (Phi) is 5.77. The summed E-state index contributed by atoms with van der Waals surface area (Å²) in [4.78, 5) is 25.8. The number of nitrogens with one attached hydrogen (secondary N) is 1. The van der Waals surface area contributed by atoms with E-state index in [0.29, 0.717) is 16.4 Å². The molecule has 4 nitrogen and oxygen atoms in total. The van der Waals surface area contributed by atoms with Crippen molar-refractivity contribution < 1.29 is 18.0 Å². The van der Waals surface area contributed by atoms with Crippen LogP contribution in [-0.4, -0.2) is 16.7 Å². The van der Waals surface area contributed by atoms with E-state index in [9.17, 15) is 22.8 Å². The summed E-state index contributed by atoms with van der Waals surface area (Å²) in [5.74, 6) is -0.509. The van der Waals surface area contributed by atoms with Gasteiger partial charge >= 0.3 is 6.18 Å². The number of carbonyl (C=O) groups is 1. The van der Waals surface area contributed by atoms with E-state index in [1.54, 1.807) is 18.2 Å². The van der Waals surface area contributed by atoms with Crippen molar-refractivity contribution in [1.29, 1.82) is 0 Å². The molecule has 3 rings (SSSR count). The number of alkyl halides is 3. The fourth-order valence-corrected chi connectivity index (χ4v) is 3.51. The van der Waals surface area contributed by atoms with Gasteiger partial charge in [0, 0.05) is 16.5 Å². The Bertz CT molecular complexity index is 1090. The highest BCUT2D eigenvalue weighted by atomic mass is 19.4. The fraction of sp³-hybridized carbons (Fsp3) is 0.273. The average molecular weight is 402 g/mol. The number of nitrogens with zero attached hydrogens (tertiary/aromatic N) is 1. The Morgan fingerprint density at radius 1 is 1.03 bits per heavy atom. The molecule has 0 saturated carbocycles. The van der Waals surface area contributed by atoms with E-state index in [4.69, 9.17) is 0 Å². The number of benzene rings is 2. The summed E-state index contributed by atoms with van der Waals surface area (Å²) >= 11 is 0. The first kappa shape index (κ1) is 20.6. The number of fused-ring (bicyclic) bond motifs is 1. The van der Waals surface area contributed by atoms with Crippen molar-refractivity contribution in [2.45, 2.75) is 39.0 Å². The zero-order valence-corrected chi connectivity index (χ0v) is 16.1. The van der Waals surface area contributed by atoms with Crippen LogP contribution in [0.25, 0.3) is 10.8 Å². The zero-order chi connectivity index (χ0) is 21.2. The molecule has 0 aliphatic rings. The molecule has 0 spiro atoms. The fourth-order valence-electron chi connectivity index (χ4n) is 3.51. The lowest BCUT2D eigenvalue weighted by atomic mass is 10.0. The van der Waals surface area contributed by atoms with Crippen molar-refractivity contribution in [2.75, 3.05) is 0 Å². The smallest absolute Gasteiger partial charge is 0.345 e. The number of hydrogen-bond acceptors (Lipinski definition) is 2. The molecule has 1 atom stereocenters. The number of carbonyl (C=O) groups excluding carboxylic acids is 1. The van der Waals surface area contributed by atoms with Gasteiger partial charge in [0.15, 0.2) is 0 Å². The van der Waals surface area contributed by atoms with Crippen LogP contribution in [0, 0.1) is 6.92 Å². The van der Waals surface area contributed by atoms with Gasteiger partial charge < -0.3 is 9.88 Å². The Morgan fingerprint density at radius 3 is 2.21 bits per heavy atom. The molecule has 0 aliphatic carbocycles. The third kappa shape index (κ3) is 4.34. The SMILES string of the molecule is CCC(NC(=O)c1c(C)n(CC(F)(F)F)c(=O)c2ccccc12)c1ccccc1. The second-order valence-electron chi connectivity index (χ2n) is 6.86. The number of pyridine rings is 1. The molecule has 152 valence electrons. The molecule has 1 heterocycles. The molecular weight excluding hydrogens is 381 g/mol. The molecule has 0 aliphatic heterocycles. The summed E-state index contributed by atoms with van der Waals surface area (Å²) in [6, 6.07) is 15.3. The van der Waals surface area contributed by atoms with Gasteiger partial charge in [-0.05, 0) is 25.0 Å². The second kappa shape index (κ2) is 8.11. The van der Waals surface area contributed by atoms with Crippen LogP contribution < -0.4 is 10.9 Å². The minimum absolute atomic E-state index is 0.00793. The molecule has 29 heavy (non-hydrogen) atoms. The molecule has 0 bridgehead atoms. The molecule has 1 unspecified atom stereocenters. The normalized spacial score (nSPS) is 12.7. The highest BCUT2D eigenvalue weighted by Crippen LogP contribution is 2.25. The third-order valence-electron chi connectivity index (χ3n) is 4.92. The summed E-state index contributed by atoms with van der Waals surface area (Å²) in [7, 11) is 0. The Morgan fingerprint density at radius 2 is 1.62 bits per heavy atom. The highest BCUT2D eigenvalue weighted by Gasteiger charge is 2.31. The van der Waals surface area contributed by atoms with Gasteiger partial charge in [-0.25, -0.2) is 0 Å². The summed E-state index contributed by atoms with van der Waals surface area (Å²) in [5.41, 5.74) is 0.210. The summed E-state index contributed by atoms with van der Waals surface area (Å²) in [6.45, 7) is 1.84. The minimum atomic E-state index is -4.58. The van der Waals surface area contributed by atoms with Crippen LogP contribution >= 0.6 is 0 Å². The average Bonchev–Trinajstić information content (AvgIpc) is 2.69. The van der Waals surface area contributed by atoms with Gasteiger partial charge in [-0.2, -0.15) is 13.2 Å². The number of aromatic nitrogens is 1. The second-order valence-corrected chi connectivity index (χ2v) is 6.86. The van der Waals surface area contributed by atoms with Gasteiger partial charge in [-0.15, -0.1) is 0 Å². The van der Waals surface area contributed by atoms with E-state index < -0.39 is 24.2 Å². The lowest BCUT2D eigenvalue weighted by molar-refractivity contribution is -0.141. The van der Waals surface area contributed by atoms with E-state index in [-0.39, 0.29) is 22.7 Å². The van der Waals surface area contributed by atoms with Crippen LogP contribution in [-0.2, 0) is 6.54 Å². The first-order chi connectivity index (χ1) is 13.7. The van der Waals surface area contributed by atoms with Crippen LogP contribution in [0.1, 0.15) is 41.0 Å². The monoisotopic (exact) mass is 402 g/mol. The van der Waals surface area contributed by atoms with Crippen molar-refractivity contribution in [1.82, 2.24) is 9.88 Å². The van der Waals surface area contributed by atoms with Crippen molar-refractivity contribution in [2.24, 2.45) is 0 Å².